The number of aromatic nitrogens is 4. The highest BCUT2D eigenvalue weighted by Crippen LogP contribution is 2.48. The Balaban J connectivity index is 1.41. The molecule has 3 aromatic rings. The number of nitrogen functional groups attached to an aromatic ring is 1. The van der Waals surface area contributed by atoms with Crippen LogP contribution in [0.25, 0.3) is 11.2 Å². The number of nitrogens with zero attached hydrogens (tertiary/aromatic N) is 4. The van der Waals surface area contributed by atoms with E-state index >= 15 is 0 Å². The fraction of sp³-hybridized carbons (Fsp3) is 0.594. The quantitative estimate of drug-likeness (QED) is 0.0624. The number of carbonyl (C=O) groups excluding carboxylic acids is 2. The Morgan fingerprint density at radius 2 is 1.94 bits per heavy atom. The standard InChI is InChI=1S/C32H47ClN7O9PS/c1-7-45-26-23-25(38-30(35)39-26)40(18-36-23)28-32(6,33)24(41)21(49-28)16-48-50(44,37-15-20-11-9-8-10-12-20)47-13-14-51-29(43)31(4,5)17-46-27(42)22(34)19(2)3/h8-12,18-19,21-22,24,28,41H,7,13-17,34H2,1-6H3,(H,37,44)(H2,35,38,39)/t21-,22+,24-,28-,32-,50-/m1/s1. The summed E-state index contributed by atoms with van der Waals surface area (Å²) in [5.41, 5.74) is 12.2. The number of thioether (sulfide) groups is 1. The maximum atomic E-state index is 14.0. The maximum absolute atomic E-state index is 14.0. The molecule has 19 heteroatoms. The molecule has 4 rings (SSSR count). The normalized spacial score (nSPS) is 22.6. The average Bonchev–Trinajstić information content (AvgIpc) is 3.60. The summed E-state index contributed by atoms with van der Waals surface area (Å²) in [6.07, 6.45) is -1.92. The van der Waals surface area contributed by atoms with E-state index in [1.54, 1.807) is 41.5 Å². The van der Waals surface area contributed by atoms with Crippen molar-refractivity contribution >= 4 is 59.3 Å². The van der Waals surface area contributed by atoms with Crippen molar-refractivity contribution in [2.45, 2.75) is 77.4 Å². The zero-order valence-corrected chi connectivity index (χ0v) is 32.0. The van der Waals surface area contributed by atoms with Crippen molar-refractivity contribution in [2.24, 2.45) is 17.1 Å². The molecule has 2 aromatic heterocycles. The van der Waals surface area contributed by atoms with Gasteiger partial charge in [-0.05, 0) is 39.2 Å². The predicted molar refractivity (Wildman–Crippen MR) is 193 cm³/mol. The number of nitrogens with two attached hydrogens (primary N) is 2. The van der Waals surface area contributed by atoms with Gasteiger partial charge < -0.3 is 30.8 Å². The number of esters is 1. The third-order valence-electron chi connectivity index (χ3n) is 8.08. The Labute approximate surface area is 306 Å². The van der Waals surface area contributed by atoms with E-state index < -0.39 is 48.5 Å². The van der Waals surface area contributed by atoms with E-state index in [2.05, 4.69) is 20.0 Å². The largest absolute Gasteiger partial charge is 0.476 e. The number of halogens is 1. The highest BCUT2D eigenvalue weighted by Gasteiger charge is 2.54. The lowest BCUT2D eigenvalue weighted by Gasteiger charge is -2.26. The van der Waals surface area contributed by atoms with Crippen LogP contribution in [0.4, 0.5) is 5.95 Å². The van der Waals surface area contributed by atoms with Gasteiger partial charge in [0.1, 0.15) is 29.7 Å². The molecule has 3 heterocycles. The van der Waals surface area contributed by atoms with Gasteiger partial charge in [-0.15, -0.1) is 11.6 Å². The van der Waals surface area contributed by atoms with Crippen molar-refractivity contribution in [3.05, 3.63) is 42.2 Å². The fourth-order valence-corrected chi connectivity index (χ4v) is 7.45. The zero-order chi connectivity index (χ0) is 37.6. The predicted octanol–water partition coefficient (Wildman–Crippen LogP) is 3.81. The molecule has 6 N–H and O–H groups in total. The van der Waals surface area contributed by atoms with Crippen molar-refractivity contribution in [3.8, 4) is 5.88 Å². The molecule has 51 heavy (non-hydrogen) atoms. The number of anilines is 1. The van der Waals surface area contributed by atoms with E-state index in [0.717, 1.165) is 17.3 Å². The Bertz CT molecular complexity index is 1700. The minimum Gasteiger partial charge on any atom is -0.476 e. The number of benzene rings is 1. The van der Waals surface area contributed by atoms with Crippen molar-refractivity contribution < 1.29 is 42.5 Å². The van der Waals surface area contributed by atoms with Crippen molar-refractivity contribution in [1.29, 1.82) is 0 Å². The molecule has 0 bridgehead atoms. The molecule has 1 aliphatic rings. The number of fused-ring (bicyclic) bond motifs is 1. The summed E-state index contributed by atoms with van der Waals surface area (Å²) < 4.78 is 44.1. The molecule has 0 aliphatic carbocycles. The van der Waals surface area contributed by atoms with Crippen LogP contribution in [0.2, 0.25) is 0 Å². The summed E-state index contributed by atoms with van der Waals surface area (Å²) in [6, 6.07) is 8.41. The second-order valence-corrected chi connectivity index (χ2v) is 16.8. The summed E-state index contributed by atoms with van der Waals surface area (Å²) in [5, 5.41) is 13.9. The van der Waals surface area contributed by atoms with E-state index in [9.17, 15) is 19.3 Å². The third-order valence-corrected chi connectivity index (χ3v) is 11.2. The number of hydrogen-bond donors (Lipinski definition) is 4. The number of aliphatic hydroxyl groups excluding tert-OH is 1. The van der Waals surface area contributed by atoms with Gasteiger partial charge in [0, 0.05) is 12.3 Å². The van der Waals surface area contributed by atoms with Gasteiger partial charge in [0.2, 0.25) is 11.8 Å². The molecule has 0 spiro atoms. The second kappa shape index (κ2) is 17.3. The lowest BCUT2D eigenvalue weighted by atomic mass is 9.97. The van der Waals surface area contributed by atoms with Gasteiger partial charge in [-0.1, -0.05) is 55.9 Å². The molecule has 1 aromatic carbocycles. The van der Waals surface area contributed by atoms with Gasteiger partial charge in [-0.3, -0.25) is 23.2 Å². The van der Waals surface area contributed by atoms with Crippen LogP contribution in [-0.2, 0) is 39.2 Å². The van der Waals surface area contributed by atoms with E-state index in [1.165, 1.54) is 10.9 Å². The second-order valence-electron chi connectivity index (χ2n) is 13.1. The van der Waals surface area contributed by atoms with Crippen LogP contribution in [0.15, 0.2) is 36.7 Å². The van der Waals surface area contributed by atoms with Gasteiger partial charge >= 0.3 is 13.7 Å². The molecule has 16 nitrogen and oxygen atoms in total. The van der Waals surface area contributed by atoms with Crippen LogP contribution in [0.5, 0.6) is 5.88 Å². The fourth-order valence-electron chi connectivity index (χ4n) is 4.92. The van der Waals surface area contributed by atoms with Crippen molar-refractivity contribution in [1.82, 2.24) is 24.6 Å². The van der Waals surface area contributed by atoms with Crippen molar-refractivity contribution in [2.75, 3.05) is 37.9 Å². The summed E-state index contributed by atoms with van der Waals surface area (Å²) in [4.78, 5) is 36.5. The smallest absolute Gasteiger partial charge is 0.405 e. The molecule has 282 valence electrons. The molecule has 0 saturated carbocycles. The van der Waals surface area contributed by atoms with Crippen LogP contribution >= 0.6 is 31.1 Å². The Kier molecular flexibility index (Phi) is 13.9. The first kappa shape index (κ1) is 40.9. The number of aliphatic hydroxyl groups is 1. The minimum absolute atomic E-state index is 0.0526. The number of ether oxygens (including phenoxy) is 3. The van der Waals surface area contributed by atoms with Gasteiger partial charge in [-0.25, -0.2) is 14.6 Å². The molecule has 1 saturated heterocycles. The summed E-state index contributed by atoms with van der Waals surface area (Å²) in [5.74, 6) is -0.430. The minimum atomic E-state index is -4.06. The van der Waals surface area contributed by atoms with Crippen LogP contribution in [0, 0.1) is 11.3 Å². The topological polar surface area (TPSA) is 225 Å². The van der Waals surface area contributed by atoms with Crippen LogP contribution in [-0.4, -0.2) is 91.0 Å². The maximum Gasteiger partial charge on any atom is 0.405 e. The highest BCUT2D eigenvalue weighted by atomic mass is 35.5. The average molecular weight is 772 g/mol. The van der Waals surface area contributed by atoms with Crippen LogP contribution in [0.3, 0.4) is 0 Å². The monoisotopic (exact) mass is 771 g/mol. The molecular weight excluding hydrogens is 725 g/mol. The van der Waals surface area contributed by atoms with Gasteiger partial charge in [-0.2, -0.15) is 9.97 Å². The zero-order valence-electron chi connectivity index (χ0n) is 29.5. The summed E-state index contributed by atoms with van der Waals surface area (Å²) >= 11 is 7.81. The summed E-state index contributed by atoms with van der Waals surface area (Å²) in [7, 11) is -4.06. The number of alkyl halides is 1. The van der Waals surface area contributed by atoms with Gasteiger partial charge in [0.05, 0.1) is 31.6 Å². The first-order valence-electron chi connectivity index (χ1n) is 16.4. The van der Waals surface area contributed by atoms with Crippen LogP contribution in [0.1, 0.15) is 53.3 Å². The lowest BCUT2D eigenvalue weighted by molar-refractivity contribution is -0.150. The number of hydrogen-bond acceptors (Lipinski definition) is 15. The Morgan fingerprint density at radius 3 is 2.61 bits per heavy atom. The number of nitrogens with one attached hydrogen (secondary N) is 1. The van der Waals surface area contributed by atoms with Crippen LogP contribution < -0.4 is 21.3 Å². The molecular formula is C32H47ClN7O9PS. The Morgan fingerprint density at radius 1 is 1.24 bits per heavy atom. The highest BCUT2D eigenvalue weighted by molar-refractivity contribution is 8.13. The van der Waals surface area contributed by atoms with Crippen molar-refractivity contribution in [3.63, 3.8) is 0 Å². The Hall–Kier alpha value is -2.86. The lowest BCUT2D eigenvalue weighted by Crippen LogP contribution is -2.40. The summed E-state index contributed by atoms with van der Waals surface area (Å²) in [6.45, 7) is 10.1. The van der Waals surface area contributed by atoms with E-state index in [0.29, 0.717) is 12.1 Å². The number of imidazole rings is 1. The third kappa shape index (κ3) is 10.2. The van der Waals surface area contributed by atoms with Gasteiger partial charge in [0.15, 0.2) is 22.5 Å². The van der Waals surface area contributed by atoms with Gasteiger partial charge in [0.25, 0.3) is 0 Å². The molecule has 1 aliphatic heterocycles. The first-order chi connectivity index (χ1) is 24.0. The van der Waals surface area contributed by atoms with E-state index in [1.807, 2.05) is 30.3 Å². The van der Waals surface area contributed by atoms with E-state index in [-0.39, 0.29) is 60.6 Å². The molecule has 6 atom stereocenters. The molecule has 0 unspecified atom stereocenters. The molecule has 0 radical (unpaired) electrons. The SMILES string of the molecule is CCOc1nc(N)nc2c1ncn2[C@@H]1O[C@H](CO[P@@](=O)(NCc2ccccc2)OCCSC(=O)C(C)(C)COC(=O)[C@@H](N)C(C)C)[C@@H](O)[C@@]1(C)Cl. The molecule has 1 fully saturated rings. The van der Waals surface area contributed by atoms with E-state index in [4.69, 9.17) is 46.3 Å². The first-order valence-corrected chi connectivity index (χ1v) is 19.3. The number of rotatable bonds is 18. The molecule has 0 amide bonds. The number of carbonyl (C=O) groups is 2.